The number of carbonyl (C=O) groups is 1. The molecular formula is C16H22ClNO. The lowest BCUT2D eigenvalue weighted by atomic mass is 10.0. The van der Waals surface area contributed by atoms with Crippen molar-refractivity contribution >= 4 is 23.2 Å². The molecule has 0 aromatic heterocycles. The van der Waals surface area contributed by atoms with E-state index in [4.69, 9.17) is 11.6 Å². The summed E-state index contributed by atoms with van der Waals surface area (Å²) in [7, 11) is 0. The van der Waals surface area contributed by atoms with Gasteiger partial charge in [0.15, 0.2) is 0 Å². The third-order valence-electron chi connectivity index (χ3n) is 3.87. The van der Waals surface area contributed by atoms with Gasteiger partial charge in [-0.3, -0.25) is 4.79 Å². The summed E-state index contributed by atoms with van der Waals surface area (Å²) in [6.07, 6.45) is 4.68. The molecule has 1 aromatic carbocycles. The Bertz CT molecular complexity index is 433. The fourth-order valence-corrected chi connectivity index (χ4v) is 2.98. The zero-order chi connectivity index (χ0) is 13.7. The first-order valence-corrected chi connectivity index (χ1v) is 7.70. The summed E-state index contributed by atoms with van der Waals surface area (Å²) in [4.78, 5) is 14.2. The van der Waals surface area contributed by atoms with Crippen LogP contribution in [0.1, 0.15) is 38.2 Å². The van der Waals surface area contributed by atoms with Crippen molar-refractivity contribution in [2.45, 2.75) is 39.0 Å². The number of para-hydroxylation sites is 1. The maximum absolute atomic E-state index is 12.2. The lowest BCUT2D eigenvalue weighted by Crippen LogP contribution is -2.32. The van der Waals surface area contributed by atoms with Crippen LogP contribution >= 0.6 is 11.6 Å². The summed E-state index contributed by atoms with van der Waals surface area (Å²) in [6.45, 7) is 3.02. The van der Waals surface area contributed by atoms with Crippen LogP contribution in [0.4, 0.5) is 5.69 Å². The fraction of sp³-hybridized carbons (Fsp3) is 0.562. The Labute approximate surface area is 120 Å². The predicted molar refractivity (Wildman–Crippen MR) is 80.9 cm³/mol. The molecule has 1 heterocycles. The lowest BCUT2D eigenvalue weighted by molar-refractivity contribution is -0.118. The minimum absolute atomic E-state index is 0.267. The second-order valence-electron chi connectivity index (χ2n) is 5.40. The maximum Gasteiger partial charge on any atom is 0.226 e. The molecule has 0 fully saturated rings. The molecule has 0 bridgehead atoms. The van der Waals surface area contributed by atoms with Gasteiger partial charge in [-0.25, -0.2) is 0 Å². The molecule has 1 aromatic rings. The standard InChI is InChI=1S/C16H22ClNO/c1-13(9-11-17)10-12-18-15-7-3-2-5-14(15)6-4-8-16(18)19/h2-3,5,7,13H,4,6,8-12H2,1H3. The summed E-state index contributed by atoms with van der Waals surface area (Å²) in [5, 5.41) is 0. The highest BCUT2D eigenvalue weighted by Gasteiger charge is 2.21. The van der Waals surface area contributed by atoms with Gasteiger partial charge in [0, 0.05) is 24.5 Å². The SMILES string of the molecule is CC(CCCl)CCN1C(=O)CCCc2ccccc21. The number of halogens is 1. The van der Waals surface area contributed by atoms with Gasteiger partial charge in [-0.15, -0.1) is 11.6 Å². The summed E-state index contributed by atoms with van der Waals surface area (Å²) >= 11 is 5.77. The highest BCUT2D eigenvalue weighted by Crippen LogP contribution is 2.27. The van der Waals surface area contributed by atoms with E-state index in [9.17, 15) is 4.79 Å². The second kappa shape index (κ2) is 6.95. The molecule has 0 N–H and O–H groups in total. The average molecular weight is 280 g/mol. The summed E-state index contributed by atoms with van der Waals surface area (Å²) < 4.78 is 0. The average Bonchev–Trinajstić information content (AvgIpc) is 2.55. The van der Waals surface area contributed by atoms with Crippen molar-refractivity contribution in [1.82, 2.24) is 0 Å². The largest absolute Gasteiger partial charge is 0.312 e. The number of fused-ring (bicyclic) bond motifs is 1. The molecule has 1 unspecified atom stereocenters. The van der Waals surface area contributed by atoms with Crippen molar-refractivity contribution < 1.29 is 4.79 Å². The minimum atomic E-state index is 0.267. The molecule has 1 aliphatic heterocycles. The summed E-state index contributed by atoms with van der Waals surface area (Å²) in [6, 6.07) is 8.30. The first-order chi connectivity index (χ1) is 9.22. The third kappa shape index (κ3) is 3.73. The smallest absolute Gasteiger partial charge is 0.226 e. The normalized spacial score (nSPS) is 16.9. The van der Waals surface area contributed by atoms with E-state index >= 15 is 0 Å². The van der Waals surface area contributed by atoms with Gasteiger partial charge in [0.05, 0.1) is 0 Å². The summed E-state index contributed by atoms with van der Waals surface area (Å²) in [5.74, 6) is 1.54. The molecule has 0 radical (unpaired) electrons. The van der Waals surface area contributed by atoms with Crippen LogP contribution in [0.5, 0.6) is 0 Å². The minimum Gasteiger partial charge on any atom is -0.312 e. The van der Waals surface area contributed by atoms with Gasteiger partial charge >= 0.3 is 0 Å². The molecule has 0 saturated carbocycles. The number of alkyl halides is 1. The van der Waals surface area contributed by atoms with E-state index < -0.39 is 0 Å². The van der Waals surface area contributed by atoms with Gasteiger partial charge in [0.1, 0.15) is 0 Å². The molecule has 2 rings (SSSR count). The number of anilines is 1. The maximum atomic E-state index is 12.2. The Hall–Kier alpha value is -1.02. The highest BCUT2D eigenvalue weighted by atomic mass is 35.5. The molecule has 0 saturated heterocycles. The van der Waals surface area contributed by atoms with E-state index in [-0.39, 0.29) is 5.91 Å². The van der Waals surface area contributed by atoms with Crippen molar-refractivity contribution in [2.75, 3.05) is 17.3 Å². The Morgan fingerprint density at radius 2 is 2.05 bits per heavy atom. The molecule has 1 aliphatic rings. The number of nitrogens with zero attached hydrogens (tertiary/aromatic N) is 1. The predicted octanol–water partition coefficient (Wildman–Crippen LogP) is 4.01. The molecule has 2 nitrogen and oxygen atoms in total. The molecule has 3 heteroatoms. The van der Waals surface area contributed by atoms with E-state index in [0.29, 0.717) is 18.2 Å². The van der Waals surface area contributed by atoms with E-state index in [1.807, 2.05) is 11.0 Å². The number of amides is 1. The van der Waals surface area contributed by atoms with Crippen molar-refractivity contribution in [3.8, 4) is 0 Å². The first-order valence-electron chi connectivity index (χ1n) is 7.16. The van der Waals surface area contributed by atoms with Gasteiger partial charge in [-0.1, -0.05) is 25.1 Å². The molecule has 19 heavy (non-hydrogen) atoms. The van der Waals surface area contributed by atoms with Crippen molar-refractivity contribution in [3.05, 3.63) is 29.8 Å². The number of aryl methyl sites for hydroxylation is 1. The Morgan fingerprint density at radius 1 is 1.26 bits per heavy atom. The number of hydrogen-bond donors (Lipinski definition) is 0. The summed E-state index contributed by atoms with van der Waals surface area (Å²) in [5.41, 5.74) is 2.42. The number of carbonyl (C=O) groups excluding carboxylic acids is 1. The van der Waals surface area contributed by atoms with Crippen LogP contribution in [0.2, 0.25) is 0 Å². The van der Waals surface area contributed by atoms with Crippen LogP contribution in [-0.4, -0.2) is 18.3 Å². The third-order valence-corrected chi connectivity index (χ3v) is 4.09. The Morgan fingerprint density at radius 3 is 2.84 bits per heavy atom. The van der Waals surface area contributed by atoms with Gasteiger partial charge in [0.25, 0.3) is 0 Å². The van der Waals surface area contributed by atoms with E-state index in [0.717, 1.165) is 37.9 Å². The molecule has 0 aliphatic carbocycles. The van der Waals surface area contributed by atoms with Crippen LogP contribution < -0.4 is 4.90 Å². The molecule has 1 amide bonds. The van der Waals surface area contributed by atoms with Gasteiger partial charge in [0.2, 0.25) is 5.91 Å². The first kappa shape index (κ1) is 14.4. The van der Waals surface area contributed by atoms with Crippen LogP contribution in [0.25, 0.3) is 0 Å². The quantitative estimate of drug-likeness (QED) is 0.746. The van der Waals surface area contributed by atoms with Crippen molar-refractivity contribution in [2.24, 2.45) is 5.92 Å². The monoisotopic (exact) mass is 279 g/mol. The van der Waals surface area contributed by atoms with Gasteiger partial charge < -0.3 is 4.90 Å². The Kier molecular flexibility index (Phi) is 5.26. The van der Waals surface area contributed by atoms with Crippen LogP contribution in [0.15, 0.2) is 24.3 Å². The van der Waals surface area contributed by atoms with Gasteiger partial charge in [-0.05, 0) is 43.2 Å². The van der Waals surface area contributed by atoms with Crippen LogP contribution in [0.3, 0.4) is 0 Å². The van der Waals surface area contributed by atoms with Gasteiger partial charge in [-0.2, -0.15) is 0 Å². The molecule has 1 atom stereocenters. The topological polar surface area (TPSA) is 20.3 Å². The van der Waals surface area contributed by atoms with E-state index in [1.165, 1.54) is 5.56 Å². The van der Waals surface area contributed by atoms with E-state index in [2.05, 4.69) is 25.1 Å². The number of rotatable bonds is 5. The molecular weight excluding hydrogens is 258 g/mol. The molecule has 0 spiro atoms. The number of hydrogen-bond acceptors (Lipinski definition) is 1. The van der Waals surface area contributed by atoms with E-state index in [1.54, 1.807) is 0 Å². The van der Waals surface area contributed by atoms with Crippen LogP contribution in [-0.2, 0) is 11.2 Å². The fourth-order valence-electron chi connectivity index (χ4n) is 2.61. The zero-order valence-corrected chi connectivity index (χ0v) is 12.3. The lowest BCUT2D eigenvalue weighted by Gasteiger charge is -2.24. The Balaban J connectivity index is 2.10. The van der Waals surface area contributed by atoms with Crippen LogP contribution in [0, 0.1) is 5.92 Å². The zero-order valence-electron chi connectivity index (χ0n) is 11.6. The molecule has 104 valence electrons. The second-order valence-corrected chi connectivity index (χ2v) is 5.78. The highest BCUT2D eigenvalue weighted by molar-refractivity contribution is 6.17. The van der Waals surface area contributed by atoms with Crippen molar-refractivity contribution in [3.63, 3.8) is 0 Å². The van der Waals surface area contributed by atoms with Crippen molar-refractivity contribution in [1.29, 1.82) is 0 Å². The number of benzene rings is 1.